The summed E-state index contributed by atoms with van der Waals surface area (Å²) < 4.78 is 5.14. The van der Waals surface area contributed by atoms with E-state index in [0.29, 0.717) is 11.6 Å². The second-order valence-corrected chi connectivity index (χ2v) is 4.75. The number of anilines is 1. The molecule has 7 nitrogen and oxygen atoms in total. The predicted molar refractivity (Wildman–Crippen MR) is 71.2 cm³/mol. The van der Waals surface area contributed by atoms with Crippen molar-refractivity contribution in [2.75, 3.05) is 11.9 Å². The molecule has 1 unspecified atom stereocenters. The molecule has 0 spiro atoms. The highest BCUT2D eigenvalue weighted by molar-refractivity contribution is 6.01. The molecule has 1 atom stereocenters. The maximum absolute atomic E-state index is 12.1. The maximum atomic E-state index is 12.1. The standard InChI is InChI=1S/C13H15N5O2/c1-8-7-14-6-4-9(8)16-12(19)11-17-13(20-18-11)10-3-2-5-15-10/h4,6-7,10,15H,2-3,5H2,1H3,(H,14,16,19). The Hall–Kier alpha value is -2.28. The fraction of sp³-hybridized carbons (Fsp3) is 0.385. The van der Waals surface area contributed by atoms with Gasteiger partial charge in [-0.2, -0.15) is 4.98 Å². The maximum Gasteiger partial charge on any atom is 0.297 e. The first-order valence-corrected chi connectivity index (χ1v) is 6.53. The first-order chi connectivity index (χ1) is 9.74. The summed E-state index contributed by atoms with van der Waals surface area (Å²) in [4.78, 5) is 20.2. The lowest BCUT2D eigenvalue weighted by molar-refractivity contribution is 0.101. The van der Waals surface area contributed by atoms with Crippen molar-refractivity contribution in [3.8, 4) is 0 Å². The van der Waals surface area contributed by atoms with Crippen LogP contribution in [0.3, 0.4) is 0 Å². The number of carbonyl (C=O) groups excluding carboxylic acids is 1. The lowest BCUT2D eigenvalue weighted by Crippen LogP contribution is -2.16. The smallest absolute Gasteiger partial charge is 0.297 e. The Morgan fingerprint density at radius 2 is 2.45 bits per heavy atom. The van der Waals surface area contributed by atoms with Crippen LogP contribution in [0, 0.1) is 6.92 Å². The number of pyridine rings is 1. The molecule has 1 fully saturated rings. The molecule has 2 N–H and O–H groups in total. The van der Waals surface area contributed by atoms with E-state index in [1.54, 1.807) is 18.5 Å². The summed E-state index contributed by atoms with van der Waals surface area (Å²) in [7, 11) is 0. The summed E-state index contributed by atoms with van der Waals surface area (Å²) in [5.41, 5.74) is 1.57. The van der Waals surface area contributed by atoms with Gasteiger partial charge in [0.25, 0.3) is 11.7 Å². The minimum atomic E-state index is -0.382. The Labute approximate surface area is 115 Å². The second kappa shape index (κ2) is 5.38. The molecule has 3 heterocycles. The fourth-order valence-corrected chi connectivity index (χ4v) is 2.16. The van der Waals surface area contributed by atoms with Crippen LogP contribution in [0.2, 0.25) is 0 Å². The van der Waals surface area contributed by atoms with Crippen molar-refractivity contribution >= 4 is 11.6 Å². The van der Waals surface area contributed by atoms with Gasteiger partial charge in [-0.25, -0.2) is 0 Å². The average molecular weight is 273 g/mol. The van der Waals surface area contributed by atoms with Crippen LogP contribution in [0.5, 0.6) is 0 Å². The Kier molecular flexibility index (Phi) is 3.42. The Morgan fingerprint density at radius 3 is 3.20 bits per heavy atom. The van der Waals surface area contributed by atoms with E-state index in [4.69, 9.17) is 4.52 Å². The van der Waals surface area contributed by atoms with Crippen LogP contribution in [0.4, 0.5) is 5.69 Å². The number of nitrogens with zero attached hydrogens (tertiary/aromatic N) is 3. The number of hydrogen-bond donors (Lipinski definition) is 2. The SMILES string of the molecule is Cc1cnccc1NC(=O)c1noc(C2CCCN2)n1. The number of nitrogens with one attached hydrogen (secondary N) is 2. The summed E-state index contributed by atoms with van der Waals surface area (Å²) in [5, 5.41) is 9.73. The van der Waals surface area contributed by atoms with Crippen molar-refractivity contribution in [3.05, 3.63) is 35.7 Å². The zero-order chi connectivity index (χ0) is 13.9. The molecule has 0 aliphatic carbocycles. The molecule has 0 aromatic carbocycles. The summed E-state index contributed by atoms with van der Waals surface area (Å²) in [6.07, 6.45) is 5.32. The highest BCUT2D eigenvalue weighted by atomic mass is 16.5. The van der Waals surface area contributed by atoms with Gasteiger partial charge in [-0.1, -0.05) is 5.16 Å². The molecule has 104 valence electrons. The van der Waals surface area contributed by atoms with E-state index in [1.165, 1.54) is 0 Å². The van der Waals surface area contributed by atoms with Crippen LogP contribution in [0.1, 0.15) is 41.0 Å². The first-order valence-electron chi connectivity index (χ1n) is 6.53. The zero-order valence-electron chi connectivity index (χ0n) is 11.1. The van der Waals surface area contributed by atoms with Gasteiger partial charge in [-0.15, -0.1) is 0 Å². The van der Waals surface area contributed by atoms with Gasteiger partial charge < -0.3 is 15.2 Å². The molecular formula is C13H15N5O2. The van der Waals surface area contributed by atoms with Crippen molar-refractivity contribution in [1.82, 2.24) is 20.4 Å². The molecule has 1 saturated heterocycles. The van der Waals surface area contributed by atoms with E-state index >= 15 is 0 Å². The molecule has 1 aliphatic heterocycles. The Morgan fingerprint density at radius 1 is 1.55 bits per heavy atom. The number of amides is 1. The third-order valence-electron chi connectivity index (χ3n) is 3.27. The van der Waals surface area contributed by atoms with Gasteiger partial charge >= 0.3 is 0 Å². The van der Waals surface area contributed by atoms with E-state index in [0.717, 1.165) is 24.9 Å². The van der Waals surface area contributed by atoms with E-state index in [9.17, 15) is 4.79 Å². The third kappa shape index (κ3) is 2.53. The van der Waals surface area contributed by atoms with Crippen LogP contribution in [-0.4, -0.2) is 27.6 Å². The van der Waals surface area contributed by atoms with E-state index in [1.807, 2.05) is 6.92 Å². The fourth-order valence-electron chi connectivity index (χ4n) is 2.16. The first kappa shape index (κ1) is 12.7. The van der Waals surface area contributed by atoms with E-state index in [2.05, 4.69) is 25.8 Å². The molecule has 2 aromatic rings. The van der Waals surface area contributed by atoms with Crippen molar-refractivity contribution in [2.24, 2.45) is 0 Å². The number of aryl methyl sites for hydroxylation is 1. The molecule has 7 heteroatoms. The van der Waals surface area contributed by atoms with Gasteiger partial charge in [-0.3, -0.25) is 9.78 Å². The summed E-state index contributed by atoms with van der Waals surface area (Å²) >= 11 is 0. The molecule has 3 rings (SSSR count). The number of rotatable bonds is 3. The Balaban J connectivity index is 1.73. The largest absolute Gasteiger partial charge is 0.337 e. The predicted octanol–water partition coefficient (Wildman–Crippen LogP) is 1.45. The average Bonchev–Trinajstić information content (AvgIpc) is 3.11. The van der Waals surface area contributed by atoms with Crippen LogP contribution in [0.25, 0.3) is 0 Å². The van der Waals surface area contributed by atoms with Gasteiger partial charge in [0.05, 0.1) is 6.04 Å². The molecule has 0 radical (unpaired) electrons. The summed E-state index contributed by atoms with van der Waals surface area (Å²) in [5.74, 6) is 0.135. The van der Waals surface area contributed by atoms with E-state index < -0.39 is 0 Å². The molecule has 0 bridgehead atoms. The highest BCUT2D eigenvalue weighted by Gasteiger charge is 2.24. The lowest BCUT2D eigenvalue weighted by Gasteiger charge is -2.04. The van der Waals surface area contributed by atoms with Gasteiger partial charge in [-0.05, 0) is 37.9 Å². The summed E-state index contributed by atoms with van der Waals surface area (Å²) in [6.45, 7) is 2.80. The van der Waals surface area contributed by atoms with Crippen LogP contribution in [-0.2, 0) is 0 Å². The molecule has 1 aliphatic rings. The van der Waals surface area contributed by atoms with Crippen molar-refractivity contribution in [1.29, 1.82) is 0 Å². The molecule has 1 amide bonds. The molecule has 2 aromatic heterocycles. The quantitative estimate of drug-likeness (QED) is 0.879. The van der Waals surface area contributed by atoms with Gasteiger partial charge in [0, 0.05) is 18.1 Å². The molecule has 20 heavy (non-hydrogen) atoms. The van der Waals surface area contributed by atoms with Crippen molar-refractivity contribution < 1.29 is 9.32 Å². The summed E-state index contributed by atoms with van der Waals surface area (Å²) in [6, 6.07) is 1.79. The lowest BCUT2D eigenvalue weighted by atomic mass is 10.2. The molecular weight excluding hydrogens is 258 g/mol. The number of carbonyl (C=O) groups is 1. The highest BCUT2D eigenvalue weighted by Crippen LogP contribution is 2.21. The monoisotopic (exact) mass is 273 g/mol. The van der Waals surface area contributed by atoms with Crippen LogP contribution >= 0.6 is 0 Å². The van der Waals surface area contributed by atoms with Crippen LogP contribution in [0.15, 0.2) is 23.0 Å². The second-order valence-electron chi connectivity index (χ2n) is 4.75. The third-order valence-corrected chi connectivity index (χ3v) is 3.27. The topological polar surface area (TPSA) is 92.9 Å². The van der Waals surface area contributed by atoms with Gasteiger partial charge in [0.2, 0.25) is 5.89 Å². The normalized spacial score (nSPS) is 18.1. The zero-order valence-corrected chi connectivity index (χ0v) is 11.1. The van der Waals surface area contributed by atoms with Gasteiger partial charge in [0.1, 0.15) is 0 Å². The number of hydrogen-bond acceptors (Lipinski definition) is 6. The van der Waals surface area contributed by atoms with Crippen molar-refractivity contribution in [3.63, 3.8) is 0 Å². The van der Waals surface area contributed by atoms with Crippen LogP contribution < -0.4 is 10.6 Å². The minimum Gasteiger partial charge on any atom is -0.337 e. The number of aromatic nitrogens is 3. The minimum absolute atomic E-state index is 0.0462. The Bertz CT molecular complexity index is 619. The molecule has 0 saturated carbocycles. The van der Waals surface area contributed by atoms with E-state index in [-0.39, 0.29) is 17.8 Å². The van der Waals surface area contributed by atoms with Gasteiger partial charge in [0.15, 0.2) is 0 Å². The van der Waals surface area contributed by atoms with Crippen molar-refractivity contribution in [2.45, 2.75) is 25.8 Å².